The van der Waals surface area contributed by atoms with E-state index in [0.717, 1.165) is 21.9 Å². The van der Waals surface area contributed by atoms with Crippen LogP contribution in [-0.4, -0.2) is 5.11 Å². The third-order valence-electron chi connectivity index (χ3n) is 5.12. The standard InChI is InChI=1S/C26H18O4/c27-22-13-20(29-16-19-11-6-10-17-7-4-5-12-21(17)19)14-25-26(22)23(28)15-24(30-25)18-8-2-1-3-9-18/h1-15,27H,16H2. The predicted octanol–water partition coefficient (Wildman–Crippen LogP) is 5.90. The molecule has 0 saturated heterocycles. The first-order valence-electron chi connectivity index (χ1n) is 9.65. The fourth-order valence-electron chi connectivity index (χ4n) is 3.65. The highest BCUT2D eigenvalue weighted by atomic mass is 16.5. The Kier molecular flexibility index (Phi) is 4.45. The zero-order valence-electron chi connectivity index (χ0n) is 16.0. The Hall–Kier alpha value is -4.05. The molecule has 0 atom stereocenters. The molecule has 0 radical (unpaired) electrons. The number of phenols is 1. The van der Waals surface area contributed by atoms with Crippen LogP contribution in [0.4, 0.5) is 0 Å². The molecule has 0 fully saturated rings. The van der Waals surface area contributed by atoms with Crippen LogP contribution in [0.5, 0.6) is 11.5 Å². The van der Waals surface area contributed by atoms with Crippen LogP contribution in [0.15, 0.2) is 100 Å². The van der Waals surface area contributed by atoms with Gasteiger partial charge in [-0.1, -0.05) is 72.8 Å². The maximum atomic E-state index is 12.6. The van der Waals surface area contributed by atoms with Crippen LogP contribution in [0, 0.1) is 0 Å². The highest BCUT2D eigenvalue weighted by molar-refractivity contribution is 5.87. The van der Waals surface area contributed by atoms with Crippen molar-refractivity contribution in [1.29, 1.82) is 0 Å². The van der Waals surface area contributed by atoms with Crippen LogP contribution >= 0.6 is 0 Å². The molecule has 30 heavy (non-hydrogen) atoms. The second kappa shape index (κ2) is 7.41. The lowest BCUT2D eigenvalue weighted by molar-refractivity contribution is 0.306. The third kappa shape index (κ3) is 3.29. The number of benzene rings is 4. The average Bonchev–Trinajstić information content (AvgIpc) is 2.77. The number of phenolic OH excluding ortho intramolecular Hbond substituents is 1. The van der Waals surface area contributed by atoms with Gasteiger partial charge in [0.25, 0.3) is 0 Å². The Balaban J connectivity index is 1.53. The minimum absolute atomic E-state index is 0.146. The number of hydrogen-bond donors (Lipinski definition) is 1. The lowest BCUT2D eigenvalue weighted by Gasteiger charge is -2.11. The molecule has 1 aromatic heterocycles. The maximum absolute atomic E-state index is 12.6. The molecule has 0 aliphatic carbocycles. The number of ether oxygens (including phenoxy) is 1. The fraction of sp³-hybridized carbons (Fsp3) is 0.0385. The highest BCUT2D eigenvalue weighted by Gasteiger charge is 2.13. The van der Waals surface area contributed by atoms with Gasteiger partial charge in [0.15, 0.2) is 5.43 Å². The monoisotopic (exact) mass is 394 g/mol. The van der Waals surface area contributed by atoms with Gasteiger partial charge in [-0.2, -0.15) is 0 Å². The van der Waals surface area contributed by atoms with Gasteiger partial charge in [0.2, 0.25) is 0 Å². The Bertz CT molecular complexity index is 1410. The molecule has 4 nitrogen and oxygen atoms in total. The molecule has 0 spiro atoms. The minimum Gasteiger partial charge on any atom is -0.507 e. The third-order valence-corrected chi connectivity index (χ3v) is 5.12. The van der Waals surface area contributed by atoms with E-state index in [1.54, 1.807) is 6.07 Å². The van der Waals surface area contributed by atoms with Gasteiger partial charge in [-0.25, -0.2) is 0 Å². The van der Waals surface area contributed by atoms with E-state index >= 15 is 0 Å². The summed E-state index contributed by atoms with van der Waals surface area (Å²) in [6.07, 6.45) is 0. The Morgan fingerprint density at radius 2 is 1.60 bits per heavy atom. The molecule has 0 bridgehead atoms. The zero-order chi connectivity index (χ0) is 20.5. The van der Waals surface area contributed by atoms with Crippen molar-refractivity contribution < 1.29 is 14.3 Å². The van der Waals surface area contributed by atoms with Crippen LogP contribution < -0.4 is 10.2 Å². The topological polar surface area (TPSA) is 59.7 Å². The second-order valence-corrected chi connectivity index (χ2v) is 7.08. The smallest absolute Gasteiger partial charge is 0.197 e. The van der Waals surface area contributed by atoms with E-state index in [0.29, 0.717) is 18.1 Å². The minimum atomic E-state index is -0.298. The van der Waals surface area contributed by atoms with Crippen LogP contribution in [0.25, 0.3) is 33.1 Å². The summed E-state index contributed by atoms with van der Waals surface area (Å²) in [4.78, 5) is 12.6. The van der Waals surface area contributed by atoms with Crippen molar-refractivity contribution in [3.05, 3.63) is 107 Å². The van der Waals surface area contributed by atoms with Gasteiger partial charge >= 0.3 is 0 Å². The normalized spacial score (nSPS) is 11.1. The van der Waals surface area contributed by atoms with Crippen molar-refractivity contribution in [2.45, 2.75) is 6.61 Å². The summed E-state index contributed by atoms with van der Waals surface area (Å²) in [6.45, 7) is 0.328. The Morgan fingerprint density at radius 1 is 0.833 bits per heavy atom. The van der Waals surface area contributed by atoms with E-state index in [4.69, 9.17) is 9.15 Å². The van der Waals surface area contributed by atoms with E-state index in [1.165, 1.54) is 12.1 Å². The molecule has 146 valence electrons. The number of fused-ring (bicyclic) bond motifs is 2. The van der Waals surface area contributed by atoms with Gasteiger partial charge in [-0.05, 0) is 16.3 Å². The number of rotatable bonds is 4. The zero-order valence-corrected chi connectivity index (χ0v) is 16.0. The van der Waals surface area contributed by atoms with Crippen LogP contribution in [0.3, 0.4) is 0 Å². The lowest BCUT2D eigenvalue weighted by atomic mass is 10.1. The summed E-state index contributed by atoms with van der Waals surface area (Å²) in [7, 11) is 0. The second-order valence-electron chi connectivity index (χ2n) is 7.08. The first kappa shape index (κ1) is 18.0. The molecule has 1 heterocycles. The van der Waals surface area contributed by atoms with Gasteiger partial charge in [0, 0.05) is 23.8 Å². The van der Waals surface area contributed by atoms with Crippen LogP contribution in [0.1, 0.15) is 5.56 Å². The van der Waals surface area contributed by atoms with Gasteiger partial charge in [-0.3, -0.25) is 4.79 Å². The van der Waals surface area contributed by atoms with Crippen molar-refractivity contribution in [3.63, 3.8) is 0 Å². The summed E-state index contributed by atoms with van der Waals surface area (Å²) < 4.78 is 11.9. The first-order valence-corrected chi connectivity index (χ1v) is 9.65. The van der Waals surface area contributed by atoms with Crippen LogP contribution in [0.2, 0.25) is 0 Å². The first-order chi connectivity index (χ1) is 14.7. The molecule has 0 amide bonds. The summed E-state index contributed by atoms with van der Waals surface area (Å²) >= 11 is 0. The molecule has 5 rings (SSSR count). The van der Waals surface area contributed by atoms with E-state index in [2.05, 4.69) is 18.2 Å². The molecule has 0 aliphatic heterocycles. The molecular formula is C26H18O4. The lowest BCUT2D eigenvalue weighted by Crippen LogP contribution is -2.02. The van der Waals surface area contributed by atoms with Crippen molar-refractivity contribution in [2.75, 3.05) is 0 Å². The summed E-state index contributed by atoms with van der Waals surface area (Å²) in [5.41, 5.74) is 1.81. The molecule has 1 N–H and O–H groups in total. The fourth-order valence-corrected chi connectivity index (χ4v) is 3.65. The van der Waals surface area contributed by atoms with Gasteiger partial charge < -0.3 is 14.3 Å². The largest absolute Gasteiger partial charge is 0.507 e. The Morgan fingerprint density at radius 3 is 2.47 bits per heavy atom. The highest BCUT2D eigenvalue weighted by Crippen LogP contribution is 2.31. The molecule has 4 aromatic carbocycles. The van der Waals surface area contributed by atoms with Crippen LogP contribution in [-0.2, 0) is 6.61 Å². The number of hydrogen-bond acceptors (Lipinski definition) is 4. The average molecular weight is 394 g/mol. The number of aromatic hydroxyl groups is 1. The molecular weight excluding hydrogens is 376 g/mol. The van der Waals surface area contributed by atoms with E-state index in [-0.39, 0.29) is 22.1 Å². The molecule has 0 unspecified atom stereocenters. The quantitative estimate of drug-likeness (QED) is 0.412. The summed E-state index contributed by atoms with van der Waals surface area (Å²) in [6, 6.07) is 28.0. The van der Waals surface area contributed by atoms with Crippen molar-refractivity contribution in [1.82, 2.24) is 0 Å². The molecule has 5 aromatic rings. The van der Waals surface area contributed by atoms with Gasteiger partial charge in [0.1, 0.15) is 34.8 Å². The molecule has 4 heteroatoms. The SMILES string of the molecule is O=c1cc(-c2ccccc2)oc2cc(OCc3cccc4ccccc34)cc(O)c12. The van der Waals surface area contributed by atoms with Crippen molar-refractivity contribution in [3.8, 4) is 22.8 Å². The van der Waals surface area contributed by atoms with Gasteiger partial charge in [0.05, 0.1) is 0 Å². The summed E-state index contributed by atoms with van der Waals surface area (Å²) in [5.74, 6) is 0.716. The molecule has 0 saturated carbocycles. The van der Waals surface area contributed by atoms with Crippen molar-refractivity contribution in [2.24, 2.45) is 0 Å². The Labute approximate surface area is 172 Å². The molecule has 0 aliphatic rings. The maximum Gasteiger partial charge on any atom is 0.197 e. The van der Waals surface area contributed by atoms with E-state index in [9.17, 15) is 9.90 Å². The van der Waals surface area contributed by atoms with Gasteiger partial charge in [-0.15, -0.1) is 0 Å². The van der Waals surface area contributed by atoms with E-state index < -0.39 is 0 Å². The van der Waals surface area contributed by atoms with Crippen molar-refractivity contribution >= 4 is 21.7 Å². The summed E-state index contributed by atoms with van der Waals surface area (Å²) in [5, 5.41) is 12.8. The predicted molar refractivity (Wildman–Crippen MR) is 118 cm³/mol. The van der Waals surface area contributed by atoms with E-state index in [1.807, 2.05) is 54.6 Å².